The molecule has 0 aliphatic heterocycles. The van der Waals surface area contributed by atoms with Gasteiger partial charge in [0.1, 0.15) is 10.7 Å². The van der Waals surface area contributed by atoms with Crippen LogP contribution in [0.3, 0.4) is 0 Å². The SMILES string of the molecule is O=C(NCc1ccccc1)c1ccccc1OS(=O)(=O)c1cc(F)c(F)cc1F. The van der Waals surface area contributed by atoms with Crippen LogP contribution in [0, 0.1) is 17.5 Å². The Morgan fingerprint density at radius 3 is 2.21 bits per heavy atom. The van der Waals surface area contributed by atoms with Crippen molar-refractivity contribution >= 4 is 16.0 Å². The van der Waals surface area contributed by atoms with E-state index in [1.54, 1.807) is 24.3 Å². The molecule has 3 rings (SSSR count). The van der Waals surface area contributed by atoms with Crippen LogP contribution in [0.5, 0.6) is 5.75 Å². The van der Waals surface area contributed by atoms with Gasteiger partial charge in [-0.1, -0.05) is 42.5 Å². The summed E-state index contributed by atoms with van der Waals surface area (Å²) in [4.78, 5) is 11.3. The molecule has 0 radical (unpaired) electrons. The average Bonchev–Trinajstić information content (AvgIpc) is 2.69. The van der Waals surface area contributed by atoms with Crippen molar-refractivity contribution in [3.63, 3.8) is 0 Å². The quantitative estimate of drug-likeness (QED) is 0.486. The minimum atomic E-state index is -4.87. The van der Waals surface area contributed by atoms with Crippen molar-refractivity contribution in [2.45, 2.75) is 11.4 Å². The van der Waals surface area contributed by atoms with Gasteiger partial charge in [0, 0.05) is 18.7 Å². The van der Waals surface area contributed by atoms with Crippen molar-refractivity contribution in [2.24, 2.45) is 0 Å². The van der Waals surface area contributed by atoms with Gasteiger partial charge in [-0.25, -0.2) is 13.2 Å². The summed E-state index contributed by atoms with van der Waals surface area (Å²) in [5, 5.41) is 2.61. The van der Waals surface area contributed by atoms with Gasteiger partial charge >= 0.3 is 10.1 Å². The number of para-hydroxylation sites is 1. The first-order valence-corrected chi connectivity index (χ1v) is 9.69. The summed E-state index contributed by atoms with van der Waals surface area (Å²) >= 11 is 0. The monoisotopic (exact) mass is 421 g/mol. The summed E-state index contributed by atoms with van der Waals surface area (Å²) in [6.45, 7) is 0.179. The second-order valence-corrected chi connectivity index (χ2v) is 7.41. The Hall–Kier alpha value is -3.33. The van der Waals surface area contributed by atoms with Crippen LogP contribution in [-0.2, 0) is 16.7 Å². The maximum Gasteiger partial charge on any atom is 0.342 e. The highest BCUT2D eigenvalue weighted by molar-refractivity contribution is 7.87. The number of hydrogen-bond acceptors (Lipinski definition) is 4. The molecule has 9 heteroatoms. The lowest BCUT2D eigenvalue weighted by Crippen LogP contribution is -2.24. The van der Waals surface area contributed by atoms with Crippen molar-refractivity contribution < 1.29 is 30.6 Å². The van der Waals surface area contributed by atoms with Gasteiger partial charge in [0.25, 0.3) is 5.91 Å². The van der Waals surface area contributed by atoms with Crippen LogP contribution in [0.15, 0.2) is 71.6 Å². The van der Waals surface area contributed by atoms with Gasteiger partial charge in [-0.3, -0.25) is 4.79 Å². The summed E-state index contributed by atoms with van der Waals surface area (Å²) in [5.41, 5.74) is 0.686. The Kier molecular flexibility index (Phi) is 5.88. The zero-order chi connectivity index (χ0) is 21.0. The molecule has 0 unspecified atom stereocenters. The Morgan fingerprint density at radius 1 is 0.862 bits per heavy atom. The predicted molar refractivity (Wildman–Crippen MR) is 98.2 cm³/mol. The van der Waals surface area contributed by atoms with Gasteiger partial charge in [0.15, 0.2) is 17.4 Å². The fourth-order valence-electron chi connectivity index (χ4n) is 2.46. The molecule has 0 aliphatic rings. The zero-order valence-corrected chi connectivity index (χ0v) is 15.5. The minimum absolute atomic E-state index is 0.101. The van der Waals surface area contributed by atoms with E-state index in [0.717, 1.165) is 5.56 Å². The normalized spacial score (nSPS) is 11.1. The van der Waals surface area contributed by atoms with E-state index in [1.807, 2.05) is 6.07 Å². The molecule has 0 bridgehead atoms. The predicted octanol–water partition coefficient (Wildman–Crippen LogP) is 3.80. The number of nitrogens with one attached hydrogen (secondary N) is 1. The molecule has 150 valence electrons. The number of halogens is 3. The lowest BCUT2D eigenvalue weighted by Gasteiger charge is -2.12. The number of amides is 1. The topological polar surface area (TPSA) is 72.5 Å². The molecule has 1 amide bonds. The maximum atomic E-state index is 13.9. The van der Waals surface area contributed by atoms with Crippen molar-refractivity contribution in [1.29, 1.82) is 0 Å². The summed E-state index contributed by atoms with van der Waals surface area (Å²) in [6, 6.07) is 14.6. The largest absolute Gasteiger partial charge is 0.378 e. The first kappa shape index (κ1) is 20.4. The lowest BCUT2D eigenvalue weighted by atomic mass is 10.1. The molecular formula is C20H14F3NO4S. The van der Waals surface area contributed by atoms with Crippen LogP contribution in [0.25, 0.3) is 0 Å². The van der Waals surface area contributed by atoms with Crippen molar-refractivity contribution in [3.8, 4) is 5.75 Å². The van der Waals surface area contributed by atoms with E-state index < -0.39 is 38.4 Å². The Balaban J connectivity index is 1.85. The number of benzene rings is 3. The molecule has 5 nitrogen and oxygen atoms in total. The van der Waals surface area contributed by atoms with Crippen LogP contribution >= 0.6 is 0 Å². The van der Waals surface area contributed by atoms with Crippen LogP contribution in [0.4, 0.5) is 13.2 Å². The van der Waals surface area contributed by atoms with E-state index in [2.05, 4.69) is 5.32 Å². The Labute approximate surface area is 164 Å². The van der Waals surface area contributed by atoms with Crippen LogP contribution < -0.4 is 9.50 Å². The van der Waals surface area contributed by atoms with E-state index in [-0.39, 0.29) is 30.0 Å². The number of carbonyl (C=O) groups is 1. The highest BCUT2D eigenvalue weighted by Gasteiger charge is 2.26. The van der Waals surface area contributed by atoms with Crippen molar-refractivity contribution in [2.75, 3.05) is 0 Å². The van der Waals surface area contributed by atoms with E-state index in [9.17, 15) is 26.4 Å². The molecule has 0 atom stereocenters. The van der Waals surface area contributed by atoms with Gasteiger partial charge in [0.05, 0.1) is 5.56 Å². The summed E-state index contributed by atoms with van der Waals surface area (Å²) < 4.78 is 69.9. The number of carbonyl (C=O) groups excluding carboxylic acids is 1. The number of hydrogen-bond donors (Lipinski definition) is 1. The first-order valence-electron chi connectivity index (χ1n) is 8.28. The van der Waals surface area contributed by atoms with E-state index in [4.69, 9.17) is 4.18 Å². The molecule has 1 N–H and O–H groups in total. The van der Waals surface area contributed by atoms with Crippen LogP contribution in [0.1, 0.15) is 15.9 Å². The molecule has 0 aliphatic carbocycles. The summed E-state index contributed by atoms with van der Waals surface area (Å²) in [5.74, 6) is -5.63. The van der Waals surface area contributed by atoms with Gasteiger partial charge in [-0.2, -0.15) is 8.42 Å². The van der Waals surface area contributed by atoms with Gasteiger partial charge < -0.3 is 9.50 Å². The van der Waals surface area contributed by atoms with Crippen LogP contribution in [-0.4, -0.2) is 14.3 Å². The molecule has 0 fully saturated rings. The van der Waals surface area contributed by atoms with E-state index in [0.29, 0.717) is 0 Å². The minimum Gasteiger partial charge on any atom is -0.378 e. The van der Waals surface area contributed by atoms with Gasteiger partial charge in [-0.15, -0.1) is 0 Å². The molecule has 0 spiro atoms. The molecule has 3 aromatic rings. The zero-order valence-electron chi connectivity index (χ0n) is 14.7. The third kappa shape index (κ3) is 4.75. The molecule has 29 heavy (non-hydrogen) atoms. The van der Waals surface area contributed by atoms with E-state index >= 15 is 0 Å². The van der Waals surface area contributed by atoms with Gasteiger partial charge in [0.2, 0.25) is 0 Å². The molecule has 0 aromatic heterocycles. The Morgan fingerprint density at radius 2 is 1.48 bits per heavy atom. The Bertz CT molecular complexity index is 1150. The molecular weight excluding hydrogens is 407 g/mol. The second-order valence-electron chi connectivity index (χ2n) is 5.90. The maximum absolute atomic E-state index is 13.9. The molecule has 0 saturated carbocycles. The van der Waals surface area contributed by atoms with E-state index in [1.165, 1.54) is 24.3 Å². The smallest absolute Gasteiger partial charge is 0.342 e. The van der Waals surface area contributed by atoms with Crippen LogP contribution in [0.2, 0.25) is 0 Å². The molecule has 0 saturated heterocycles. The fourth-order valence-corrected chi connectivity index (χ4v) is 3.48. The highest BCUT2D eigenvalue weighted by atomic mass is 32.2. The summed E-state index contributed by atoms with van der Waals surface area (Å²) in [7, 11) is -4.87. The standard InChI is InChI=1S/C20H14F3NO4S/c21-15-10-17(23)19(11-16(15)22)29(26,27)28-18-9-5-4-8-14(18)20(25)24-12-13-6-2-1-3-7-13/h1-11H,12H2,(H,24,25). The summed E-state index contributed by atoms with van der Waals surface area (Å²) in [6.07, 6.45) is 0. The third-order valence-electron chi connectivity index (χ3n) is 3.87. The number of rotatable bonds is 6. The fraction of sp³-hybridized carbons (Fsp3) is 0.0500. The van der Waals surface area contributed by atoms with Crippen molar-refractivity contribution in [3.05, 3.63) is 95.3 Å². The molecule has 3 aromatic carbocycles. The van der Waals surface area contributed by atoms with Crippen molar-refractivity contribution in [1.82, 2.24) is 5.32 Å². The molecule has 0 heterocycles. The second kappa shape index (κ2) is 8.36. The van der Waals surface area contributed by atoms with Gasteiger partial charge in [-0.05, 0) is 17.7 Å². The first-order chi connectivity index (χ1) is 13.8. The lowest BCUT2D eigenvalue weighted by molar-refractivity contribution is 0.0949. The highest BCUT2D eigenvalue weighted by Crippen LogP contribution is 2.25. The average molecular weight is 421 g/mol. The third-order valence-corrected chi connectivity index (χ3v) is 5.12.